The Labute approximate surface area is 321 Å². The van der Waals surface area contributed by atoms with Gasteiger partial charge in [0.1, 0.15) is 5.78 Å². The topological polar surface area (TPSA) is 207 Å². The van der Waals surface area contributed by atoms with Gasteiger partial charge in [0.2, 0.25) is 35.4 Å². The van der Waals surface area contributed by atoms with Crippen LogP contribution in [0.25, 0.3) is 0 Å². The van der Waals surface area contributed by atoms with E-state index in [1.807, 2.05) is 0 Å². The van der Waals surface area contributed by atoms with Crippen molar-refractivity contribution < 1.29 is 38.3 Å². The van der Waals surface area contributed by atoms with E-state index >= 15 is 0 Å². The van der Waals surface area contributed by atoms with Crippen LogP contribution in [0, 0.1) is 5.92 Å². The van der Waals surface area contributed by atoms with E-state index in [2.05, 4.69) is 27.9 Å². The van der Waals surface area contributed by atoms with Gasteiger partial charge in [0, 0.05) is 69.5 Å². The molecule has 3 rings (SSSR count). The molecule has 5 N–H and O–H groups in total. The molecule has 14 nitrogen and oxygen atoms in total. The molecule has 1 aromatic rings. The number of aromatic nitrogens is 1. The number of unbranched alkanes of at least 4 members (excludes halogenated alkanes) is 4. The molecular formula is C37H58N6O8S2. The van der Waals surface area contributed by atoms with Crippen LogP contribution in [0.4, 0.5) is 5.13 Å². The van der Waals surface area contributed by atoms with Gasteiger partial charge < -0.3 is 26.4 Å². The van der Waals surface area contributed by atoms with E-state index in [-0.39, 0.29) is 100 Å². The number of hydrogen-bond donors (Lipinski definition) is 4. The number of nitrogens with one attached hydrogen (secondary N) is 3. The largest absolute Gasteiger partial charge is 0.379 e. The van der Waals surface area contributed by atoms with E-state index in [9.17, 15) is 33.6 Å². The molecule has 2 heterocycles. The highest BCUT2D eigenvalue weighted by molar-refractivity contribution is 8.00. The maximum absolute atomic E-state index is 12.8. The van der Waals surface area contributed by atoms with Crippen molar-refractivity contribution in [1.82, 2.24) is 20.5 Å². The Morgan fingerprint density at radius 1 is 0.868 bits per heavy atom. The molecule has 1 saturated heterocycles. The van der Waals surface area contributed by atoms with Gasteiger partial charge in [0.15, 0.2) is 5.13 Å². The molecule has 296 valence electrons. The van der Waals surface area contributed by atoms with Crippen LogP contribution in [-0.4, -0.2) is 95.0 Å². The van der Waals surface area contributed by atoms with Crippen molar-refractivity contribution in [2.45, 2.75) is 128 Å². The number of anilines is 1. The van der Waals surface area contributed by atoms with Crippen LogP contribution in [0.2, 0.25) is 0 Å². The summed E-state index contributed by atoms with van der Waals surface area (Å²) in [7, 11) is 0. The minimum atomic E-state index is -0.524. The lowest BCUT2D eigenvalue weighted by atomic mass is 9.87. The number of Topliss-reactive ketones (excluding diaryl/α,β-unsaturated/α-hetero) is 1. The van der Waals surface area contributed by atoms with Gasteiger partial charge in [-0.15, -0.1) is 23.1 Å². The predicted octanol–water partition coefficient (Wildman–Crippen LogP) is 3.83. The third-order valence-electron chi connectivity index (χ3n) is 9.28. The van der Waals surface area contributed by atoms with Crippen LogP contribution in [0.15, 0.2) is 0 Å². The fraction of sp³-hybridized carbons (Fsp3) is 0.730. The number of hydrogen-bond acceptors (Lipinski definition) is 11. The van der Waals surface area contributed by atoms with Gasteiger partial charge in [0.25, 0.3) is 0 Å². The molecule has 0 bridgehead atoms. The van der Waals surface area contributed by atoms with E-state index in [4.69, 9.17) is 10.5 Å². The Morgan fingerprint density at radius 3 is 2.42 bits per heavy atom. The molecule has 2 atom stereocenters. The maximum atomic E-state index is 12.8. The minimum Gasteiger partial charge on any atom is -0.379 e. The summed E-state index contributed by atoms with van der Waals surface area (Å²) in [5.74, 6) is -0.165. The molecule has 16 heteroatoms. The predicted molar refractivity (Wildman–Crippen MR) is 205 cm³/mol. The molecule has 1 fully saturated rings. The van der Waals surface area contributed by atoms with Crippen molar-refractivity contribution in [2.24, 2.45) is 11.7 Å². The Balaban J connectivity index is 1.14. The van der Waals surface area contributed by atoms with E-state index in [1.165, 1.54) is 42.3 Å². The fourth-order valence-corrected chi connectivity index (χ4v) is 8.53. The van der Waals surface area contributed by atoms with Crippen LogP contribution in [0.5, 0.6) is 0 Å². The first kappa shape index (κ1) is 44.0. The fourth-order valence-electron chi connectivity index (χ4n) is 6.21. The van der Waals surface area contributed by atoms with Gasteiger partial charge in [-0.3, -0.25) is 38.5 Å². The van der Waals surface area contributed by atoms with Crippen molar-refractivity contribution in [3.8, 4) is 0 Å². The highest BCUT2D eigenvalue weighted by atomic mass is 32.2. The zero-order valence-corrected chi connectivity index (χ0v) is 32.8. The Kier molecular flexibility index (Phi) is 20.6. The van der Waals surface area contributed by atoms with Crippen molar-refractivity contribution in [1.29, 1.82) is 0 Å². The normalized spacial score (nSPS) is 16.7. The number of thioether (sulfide) groups is 1. The first-order chi connectivity index (χ1) is 25.5. The summed E-state index contributed by atoms with van der Waals surface area (Å²) in [6.07, 6.45) is 12.0. The van der Waals surface area contributed by atoms with Crippen LogP contribution < -0.4 is 21.7 Å². The quantitative estimate of drug-likeness (QED) is 0.0715. The summed E-state index contributed by atoms with van der Waals surface area (Å²) >= 11 is 3.06. The molecule has 0 aromatic carbocycles. The van der Waals surface area contributed by atoms with Gasteiger partial charge in [-0.05, 0) is 50.2 Å². The number of ketones is 1. The number of carbonyl (C=O) groups excluding carboxylic acids is 7. The summed E-state index contributed by atoms with van der Waals surface area (Å²) in [5, 5.41) is 8.77. The van der Waals surface area contributed by atoms with Crippen LogP contribution in [0.1, 0.15) is 120 Å². The zero-order valence-electron chi connectivity index (χ0n) is 31.2. The summed E-state index contributed by atoms with van der Waals surface area (Å²) in [4.78, 5) is 91.4. The molecular weight excluding hydrogens is 721 g/mol. The molecule has 2 aliphatic rings. The minimum absolute atomic E-state index is 0.000679. The van der Waals surface area contributed by atoms with Gasteiger partial charge in [-0.25, -0.2) is 4.98 Å². The third-order valence-corrected chi connectivity index (χ3v) is 11.6. The first-order valence-corrected chi connectivity index (χ1v) is 21.1. The summed E-state index contributed by atoms with van der Waals surface area (Å²) < 4.78 is 5.32. The number of rotatable bonds is 28. The number of fused-ring (bicyclic) bond motifs is 1. The van der Waals surface area contributed by atoms with Crippen LogP contribution >= 0.6 is 23.1 Å². The number of ether oxygens (including phenoxy) is 1. The van der Waals surface area contributed by atoms with Gasteiger partial charge in [-0.2, -0.15) is 0 Å². The summed E-state index contributed by atoms with van der Waals surface area (Å²) in [6.45, 7) is 3.45. The zero-order chi connectivity index (χ0) is 38.4. The average molecular weight is 779 g/mol. The van der Waals surface area contributed by atoms with Crippen molar-refractivity contribution in [3.63, 3.8) is 0 Å². The lowest BCUT2D eigenvalue weighted by Crippen LogP contribution is -2.36. The summed E-state index contributed by atoms with van der Waals surface area (Å²) in [6, 6.07) is 0. The second-order valence-electron chi connectivity index (χ2n) is 13.7. The third kappa shape index (κ3) is 17.5. The standard InChI is InChI=1S/C37H58N6O8S2/c1-2-3-9-26-12-14-28-29(24-26)53-37(41-28)42-34(48)11-8-10-32(46)39-18-6-4-5-7-23-52-30-25-35(49)43(36(30)50)20-16-33(47)40-19-22-51-21-17-27(44)13-15-31(38)45/h26,30H,2-25H2,1H3,(H2,38,45)(H,39,46)(H,40,47)(H,41,42,48)/t26-,30?/m0/s1. The van der Waals surface area contributed by atoms with Crippen LogP contribution in [0.3, 0.4) is 0 Å². The number of imide groups is 1. The highest BCUT2D eigenvalue weighted by Crippen LogP contribution is 2.34. The number of amides is 6. The summed E-state index contributed by atoms with van der Waals surface area (Å²) in [5.41, 5.74) is 6.15. The molecule has 1 unspecified atom stereocenters. The van der Waals surface area contributed by atoms with Gasteiger partial charge >= 0.3 is 0 Å². The number of thiazole rings is 1. The first-order valence-electron chi connectivity index (χ1n) is 19.2. The lowest BCUT2D eigenvalue weighted by Gasteiger charge is -2.20. The van der Waals surface area contributed by atoms with Crippen molar-refractivity contribution in [2.75, 3.05) is 43.9 Å². The number of nitrogens with two attached hydrogens (primary N) is 1. The lowest BCUT2D eigenvalue weighted by molar-refractivity contribution is -0.138. The Bertz CT molecular complexity index is 1390. The monoisotopic (exact) mass is 778 g/mol. The number of primary amides is 1. The van der Waals surface area contributed by atoms with E-state index in [0.717, 1.165) is 60.8 Å². The molecule has 6 amide bonds. The molecule has 0 radical (unpaired) electrons. The maximum Gasteiger partial charge on any atom is 0.242 e. The molecule has 0 spiro atoms. The number of aryl methyl sites for hydroxylation is 1. The van der Waals surface area contributed by atoms with E-state index in [0.29, 0.717) is 24.5 Å². The Hall–Kier alpha value is -3.37. The number of likely N-dealkylation sites (tertiary alicyclic amines) is 1. The second-order valence-corrected chi connectivity index (χ2v) is 16.1. The average Bonchev–Trinajstić information content (AvgIpc) is 3.65. The van der Waals surface area contributed by atoms with Crippen molar-refractivity contribution in [3.05, 3.63) is 10.6 Å². The smallest absolute Gasteiger partial charge is 0.242 e. The van der Waals surface area contributed by atoms with E-state index < -0.39 is 11.2 Å². The molecule has 1 aromatic heterocycles. The molecule has 53 heavy (non-hydrogen) atoms. The highest BCUT2D eigenvalue weighted by Gasteiger charge is 2.38. The van der Waals surface area contributed by atoms with Gasteiger partial charge in [0.05, 0.1) is 24.2 Å². The molecule has 1 aliphatic heterocycles. The molecule has 1 aliphatic carbocycles. The van der Waals surface area contributed by atoms with Crippen LogP contribution in [-0.2, 0) is 51.1 Å². The molecule has 0 saturated carbocycles. The number of nitrogens with zero attached hydrogens (tertiary/aromatic N) is 2. The van der Waals surface area contributed by atoms with Gasteiger partial charge in [-0.1, -0.05) is 39.0 Å². The SMILES string of the molecule is CCCC[C@H]1CCc2nc(NC(=O)CCCC(=O)NCCCCCCSC3CC(=O)N(CCC(=O)NCCOCCC(=O)CCC(N)=O)C3=O)sc2C1. The van der Waals surface area contributed by atoms with E-state index in [1.54, 1.807) is 11.3 Å². The number of carbonyl (C=O) groups is 7. The van der Waals surface area contributed by atoms with Crippen molar-refractivity contribution >= 4 is 69.5 Å². The Morgan fingerprint density at radius 2 is 1.62 bits per heavy atom. The second kappa shape index (κ2) is 24.8.